The summed E-state index contributed by atoms with van der Waals surface area (Å²) in [6.45, 7) is 8.86. The molecule has 1 rings (SSSR count). The van der Waals surface area contributed by atoms with Crippen LogP contribution in [-0.4, -0.2) is 38.3 Å². The highest BCUT2D eigenvalue weighted by Crippen LogP contribution is 2.09. The Morgan fingerprint density at radius 2 is 1.64 bits per heavy atom. The van der Waals surface area contributed by atoms with E-state index in [0.29, 0.717) is 0 Å². The van der Waals surface area contributed by atoms with Gasteiger partial charge in [-0.1, -0.05) is 20.3 Å². The van der Waals surface area contributed by atoms with E-state index in [9.17, 15) is 0 Å². The zero-order valence-corrected chi connectivity index (χ0v) is 10.2. The van der Waals surface area contributed by atoms with Crippen molar-refractivity contribution in [3.8, 4) is 0 Å². The Hall–Kier alpha value is -0.0800. The number of piperidine rings is 1. The van der Waals surface area contributed by atoms with Gasteiger partial charge in [0.25, 0.3) is 0 Å². The monoisotopic (exact) mass is 201 g/mol. The third kappa shape index (κ3) is 7.34. The number of methoxy groups -OCH3 is 1. The van der Waals surface area contributed by atoms with Crippen molar-refractivity contribution in [3.05, 3.63) is 0 Å². The lowest BCUT2D eigenvalue weighted by atomic mass is 10.1. The molecule has 14 heavy (non-hydrogen) atoms. The van der Waals surface area contributed by atoms with E-state index in [2.05, 4.69) is 4.90 Å². The first-order valence-corrected chi connectivity index (χ1v) is 6.15. The van der Waals surface area contributed by atoms with Crippen molar-refractivity contribution in [1.82, 2.24) is 4.90 Å². The number of unbranched alkanes of at least 4 members (excludes halogenated alkanes) is 1. The van der Waals surface area contributed by atoms with E-state index in [4.69, 9.17) is 4.74 Å². The number of hydrogen-bond acceptors (Lipinski definition) is 2. The maximum atomic E-state index is 5.01. The molecule has 0 amide bonds. The molecule has 1 fully saturated rings. The fourth-order valence-electron chi connectivity index (χ4n) is 1.76. The molecule has 0 atom stereocenters. The van der Waals surface area contributed by atoms with Crippen LogP contribution in [0.4, 0.5) is 0 Å². The minimum Gasteiger partial charge on any atom is -0.385 e. The van der Waals surface area contributed by atoms with Crippen molar-refractivity contribution in [3.63, 3.8) is 0 Å². The van der Waals surface area contributed by atoms with Crippen molar-refractivity contribution in [2.75, 3.05) is 33.4 Å². The number of nitrogens with zero attached hydrogens (tertiary/aromatic N) is 1. The Labute approximate surface area is 89.6 Å². The molecule has 1 aliphatic heterocycles. The number of likely N-dealkylation sites (tertiary alicyclic amines) is 1. The maximum absolute atomic E-state index is 5.01. The molecule has 86 valence electrons. The fraction of sp³-hybridized carbons (Fsp3) is 1.00. The predicted molar refractivity (Wildman–Crippen MR) is 62.7 cm³/mol. The van der Waals surface area contributed by atoms with E-state index in [1.54, 1.807) is 7.11 Å². The van der Waals surface area contributed by atoms with E-state index in [1.807, 2.05) is 13.8 Å². The summed E-state index contributed by atoms with van der Waals surface area (Å²) < 4.78 is 5.01. The molecule has 0 spiro atoms. The van der Waals surface area contributed by atoms with E-state index in [1.165, 1.54) is 51.7 Å². The van der Waals surface area contributed by atoms with E-state index in [-0.39, 0.29) is 0 Å². The summed E-state index contributed by atoms with van der Waals surface area (Å²) in [7, 11) is 1.78. The van der Waals surface area contributed by atoms with E-state index < -0.39 is 0 Å². The fourth-order valence-corrected chi connectivity index (χ4v) is 1.76. The van der Waals surface area contributed by atoms with Crippen molar-refractivity contribution >= 4 is 0 Å². The van der Waals surface area contributed by atoms with Gasteiger partial charge in [-0.3, -0.25) is 0 Å². The second kappa shape index (κ2) is 11.0. The van der Waals surface area contributed by atoms with Crippen LogP contribution in [0.1, 0.15) is 46.0 Å². The van der Waals surface area contributed by atoms with Crippen molar-refractivity contribution < 1.29 is 4.74 Å². The van der Waals surface area contributed by atoms with E-state index >= 15 is 0 Å². The molecule has 1 aliphatic rings. The Balaban J connectivity index is 0.000000791. The van der Waals surface area contributed by atoms with Gasteiger partial charge in [-0.05, 0) is 45.3 Å². The normalized spacial score (nSPS) is 17.4. The van der Waals surface area contributed by atoms with Gasteiger partial charge >= 0.3 is 0 Å². The van der Waals surface area contributed by atoms with Gasteiger partial charge in [-0.15, -0.1) is 0 Å². The minimum atomic E-state index is 0.924. The van der Waals surface area contributed by atoms with Gasteiger partial charge in [-0.25, -0.2) is 0 Å². The molecule has 1 saturated heterocycles. The summed E-state index contributed by atoms with van der Waals surface area (Å²) in [5.74, 6) is 0. The summed E-state index contributed by atoms with van der Waals surface area (Å²) in [5, 5.41) is 0. The molecular formula is C12H27NO. The largest absolute Gasteiger partial charge is 0.385 e. The summed E-state index contributed by atoms with van der Waals surface area (Å²) in [5.41, 5.74) is 0. The Kier molecular flexibility index (Phi) is 10.9. The van der Waals surface area contributed by atoms with Gasteiger partial charge in [0.1, 0.15) is 0 Å². The summed E-state index contributed by atoms with van der Waals surface area (Å²) in [6.07, 6.45) is 6.77. The van der Waals surface area contributed by atoms with E-state index in [0.717, 1.165) is 6.61 Å². The number of rotatable bonds is 5. The third-order valence-electron chi connectivity index (χ3n) is 2.52. The lowest BCUT2D eigenvalue weighted by molar-refractivity contribution is 0.177. The molecule has 0 N–H and O–H groups in total. The second-order valence-corrected chi connectivity index (χ2v) is 3.60. The quantitative estimate of drug-likeness (QED) is 0.634. The molecule has 0 radical (unpaired) electrons. The highest BCUT2D eigenvalue weighted by atomic mass is 16.5. The zero-order chi connectivity index (χ0) is 10.6. The molecule has 1 heterocycles. The molecule has 2 heteroatoms. The first-order valence-electron chi connectivity index (χ1n) is 6.15. The second-order valence-electron chi connectivity index (χ2n) is 3.60. The lowest BCUT2D eigenvalue weighted by Crippen LogP contribution is -2.30. The molecule has 0 aliphatic carbocycles. The van der Waals surface area contributed by atoms with Crippen LogP contribution in [0.2, 0.25) is 0 Å². The van der Waals surface area contributed by atoms with Crippen LogP contribution in [0.3, 0.4) is 0 Å². The van der Waals surface area contributed by atoms with Gasteiger partial charge in [0.05, 0.1) is 0 Å². The summed E-state index contributed by atoms with van der Waals surface area (Å²) in [6, 6.07) is 0. The minimum absolute atomic E-state index is 0.924. The average molecular weight is 201 g/mol. The number of ether oxygens (including phenoxy) is 1. The van der Waals surface area contributed by atoms with Gasteiger partial charge < -0.3 is 9.64 Å². The smallest absolute Gasteiger partial charge is 0.0462 e. The van der Waals surface area contributed by atoms with Crippen LogP contribution in [-0.2, 0) is 4.74 Å². The molecule has 0 saturated carbocycles. The van der Waals surface area contributed by atoms with Crippen LogP contribution < -0.4 is 0 Å². The summed E-state index contributed by atoms with van der Waals surface area (Å²) >= 11 is 0. The average Bonchev–Trinajstić information content (AvgIpc) is 2.29. The SMILES string of the molecule is CC.COCCCCN1CCCCC1. The van der Waals surface area contributed by atoms with Gasteiger partial charge in [0.2, 0.25) is 0 Å². The molecule has 2 nitrogen and oxygen atoms in total. The van der Waals surface area contributed by atoms with Crippen LogP contribution in [0.25, 0.3) is 0 Å². The van der Waals surface area contributed by atoms with Crippen LogP contribution in [0.15, 0.2) is 0 Å². The third-order valence-corrected chi connectivity index (χ3v) is 2.52. The first kappa shape index (κ1) is 13.9. The zero-order valence-electron chi connectivity index (χ0n) is 10.2. The number of hydrogen-bond donors (Lipinski definition) is 0. The lowest BCUT2D eigenvalue weighted by Gasteiger charge is -2.26. The Bertz CT molecular complexity index is 100. The molecule has 0 aromatic carbocycles. The van der Waals surface area contributed by atoms with Gasteiger partial charge in [-0.2, -0.15) is 0 Å². The predicted octanol–water partition coefficient (Wildman–Crippen LogP) is 2.93. The Morgan fingerprint density at radius 1 is 1.00 bits per heavy atom. The topological polar surface area (TPSA) is 12.5 Å². The maximum Gasteiger partial charge on any atom is 0.0462 e. The first-order chi connectivity index (χ1) is 6.93. The van der Waals surface area contributed by atoms with Gasteiger partial charge in [0, 0.05) is 13.7 Å². The molecular weight excluding hydrogens is 174 g/mol. The highest BCUT2D eigenvalue weighted by Gasteiger charge is 2.08. The molecule has 0 unspecified atom stereocenters. The molecule has 0 aromatic heterocycles. The Morgan fingerprint density at radius 3 is 2.21 bits per heavy atom. The standard InChI is InChI=1S/C10H21NO.C2H6/c1-12-10-6-5-9-11-7-3-2-4-8-11;1-2/h2-10H2,1H3;1-2H3. The van der Waals surface area contributed by atoms with Crippen LogP contribution >= 0.6 is 0 Å². The highest BCUT2D eigenvalue weighted by molar-refractivity contribution is 4.63. The summed E-state index contributed by atoms with van der Waals surface area (Å²) in [4.78, 5) is 2.58. The van der Waals surface area contributed by atoms with Gasteiger partial charge in [0.15, 0.2) is 0 Å². The van der Waals surface area contributed by atoms with Crippen molar-refractivity contribution in [2.45, 2.75) is 46.0 Å². The van der Waals surface area contributed by atoms with Crippen molar-refractivity contribution in [2.24, 2.45) is 0 Å². The molecule has 0 aromatic rings. The molecule has 0 bridgehead atoms. The van der Waals surface area contributed by atoms with Crippen LogP contribution in [0.5, 0.6) is 0 Å². The van der Waals surface area contributed by atoms with Crippen LogP contribution in [0, 0.1) is 0 Å². The van der Waals surface area contributed by atoms with Crippen molar-refractivity contribution in [1.29, 1.82) is 0 Å².